The first-order valence-electron chi connectivity index (χ1n) is 10.7. The quantitative estimate of drug-likeness (QED) is 0.403. The Hall–Kier alpha value is -4.20. The number of carbonyl (C=O) groups excluding carboxylic acids is 1. The van der Waals surface area contributed by atoms with Gasteiger partial charge in [-0.15, -0.1) is 0 Å². The number of nitrogens with zero attached hydrogens (tertiary/aromatic N) is 4. The molecule has 0 unspecified atom stereocenters. The fraction of sp³-hybridized carbons (Fsp3) is 0.200. The molecule has 168 valence electrons. The number of benzene rings is 2. The van der Waals surface area contributed by atoms with E-state index in [0.29, 0.717) is 43.4 Å². The maximum atomic E-state index is 12.9. The molecule has 33 heavy (non-hydrogen) atoms. The van der Waals surface area contributed by atoms with Gasteiger partial charge in [0.25, 0.3) is 5.91 Å². The molecule has 0 aliphatic carbocycles. The van der Waals surface area contributed by atoms with E-state index in [1.165, 1.54) is 6.33 Å². The molecule has 0 saturated heterocycles. The molecule has 0 spiro atoms. The molecule has 2 aromatic carbocycles. The molecular weight excluding hydrogens is 418 g/mol. The Morgan fingerprint density at radius 1 is 0.970 bits per heavy atom. The number of pyridine rings is 1. The van der Waals surface area contributed by atoms with Crippen molar-refractivity contribution in [3.05, 3.63) is 102 Å². The number of aromatic nitrogens is 4. The lowest BCUT2D eigenvalue weighted by Crippen LogP contribution is -2.23. The van der Waals surface area contributed by atoms with Crippen LogP contribution in [0.1, 0.15) is 34.0 Å². The number of ether oxygens (including phenoxy) is 2. The molecule has 0 aliphatic heterocycles. The summed E-state index contributed by atoms with van der Waals surface area (Å²) in [5.74, 6) is 0.932. The zero-order chi connectivity index (χ0) is 22.9. The standard InChI is InChI=1S/C25H25N5O3/c1-2-32-24-13-20(7-8-23(24)33-16-19-9-11-26-12-10-19)25(31)28-14-21-5-3-4-6-22(21)15-30-18-27-17-29-30/h3-13,17-18H,2,14-16H2,1H3,(H,28,31). The molecule has 4 aromatic rings. The van der Waals surface area contributed by atoms with E-state index in [0.717, 1.165) is 16.7 Å². The topological polar surface area (TPSA) is 91.2 Å². The van der Waals surface area contributed by atoms with Gasteiger partial charge < -0.3 is 14.8 Å². The van der Waals surface area contributed by atoms with Crippen LogP contribution < -0.4 is 14.8 Å². The SMILES string of the molecule is CCOc1cc(C(=O)NCc2ccccc2Cn2cncn2)ccc1OCc1ccncc1. The Balaban J connectivity index is 1.42. The lowest BCUT2D eigenvalue weighted by atomic mass is 10.1. The van der Waals surface area contributed by atoms with Crippen molar-refractivity contribution in [2.45, 2.75) is 26.6 Å². The highest BCUT2D eigenvalue weighted by Gasteiger charge is 2.13. The lowest BCUT2D eigenvalue weighted by molar-refractivity contribution is 0.0950. The Morgan fingerprint density at radius 3 is 2.55 bits per heavy atom. The molecule has 0 atom stereocenters. The van der Waals surface area contributed by atoms with Gasteiger partial charge in [-0.1, -0.05) is 24.3 Å². The number of nitrogens with one attached hydrogen (secondary N) is 1. The summed E-state index contributed by atoms with van der Waals surface area (Å²) in [6, 6.07) is 16.9. The van der Waals surface area contributed by atoms with E-state index in [2.05, 4.69) is 20.4 Å². The average Bonchev–Trinajstić information content (AvgIpc) is 3.36. The van der Waals surface area contributed by atoms with E-state index in [-0.39, 0.29) is 5.91 Å². The molecule has 0 saturated carbocycles. The molecule has 0 bridgehead atoms. The fourth-order valence-electron chi connectivity index (χ4n) is 3.33. The van der Waals surface area contributed by atoms with Gasteiger partial charge in [-0.3, -0.25) is 9.78 Å². The van der Waals surface area contributed by atoms with E-state index >= 15 is 0 Å². The van der Waals surface area contributed by atoms with Crippen LogP contribution in [0.3, 0.4) is 0 Å². The fourth-order valence-corrected chi connectivity index (χ4v) is 3.33. The Morgan fingerprint density at radius 2 is 1.79 bits per heavy atom. The van der Waals surface area contributed by atoms with Gasteiger partial charge in [0.15, 0.2) is 11.5 Å². The highest BCUT2D eigenvalue weighted by atomic mass is 16.5. The van der Waals surface area contributed by atoms with E-state index in [1.54, 1.807) is 41.6 Å². The second-order valence-electron chi connectivity index (χ2n) is 7.28. The van der Waals surface area contributed by atoms with Gasteiger partial charge >= 0.3 is 0 Å². The molecule has 1 N–H and O–H groups in total. The van der Waals surface area contributed by atoms with Gasteiger partial charge in [-0.25, -0.2) is 9.67 Å². The van der Waals surface area contributed by atoms with E-state index in [9.17, 15) is 4.79 Å². The van der Waals surface area contributed by atoms with Crippen LogP contribution in [0.5, 0.6) is 11.5 Å². The van der Waals surface area contributed by atoms with Gasteiger partial charge in [-0.2, -0.15) is 5.10 Å². The van der Waals surface area contributed by atoms with Crippen LogP contribution in [0.2, 0.25) is 0 Å². The van der Waals surface area contributed by atoms with Crippen LogP contribution >= 0.6 is 0 Å². The molecule has 2 heterocycles. The van der Waals surface area contributed by atoms with Crippen LogP contribution in [0.4, 0.5) is 0 Å². The van der Waals surface area contributed by atoms with E-state index in [1.807, 2.05) is 43.3 Å². The Kier molecular flexibility index (Phi) is 7.27. The van der Waals surface area contributed by atoms with Gasteiger partial charge in [0.05, 0.1) is 13.2 Å². The largest absolute Gasteiger partial charge is 0.490 e. The Bertz CT molecular complexity index is 1180. The third-order valence-electron chi connectivity index (χ3n) is 5.01. The van der Waals surface area contributed by atoms with Crippen molar-refractivity contribution in [3.63, 3.8) is 0 Å². The van der Waals surface area contributed by atoms with Gasteiger partial charge in [-0.05, 0) is 53.9 Å². The monoisotopic (exact) mass is 443 g/mol. The van der Waals surface area contributed by atoms with Gasteiger partial charge in [0.1, 0.15) is 19.3 Å². The van der Waals surface area contributed by atoms with Gasteiger partial charge in [0.2, 0.25) is 0 Å². The highest BCUT2D eigenvalue weighted by molar-refractivity contribution is 5.94. The molecule has 0 radical (unpaired) electrons. The van der Waals surface area contributed by atoms with Crippen molar-refractivity contribution in [3.8, 4) is 11.5 Å². The predicted octanol–water partition coefficient (Wildman–Crippen LogP) is 3.63. The first kappa shape index (κ1) is 22.0. The van der Waals surface area contributed by atoms with Gasteiger partial charge in [0, 0.05) is 24.5 Å². The second-order valence-corrected chi connectivity index (χ2v) is 7.28. The summed E-state index contributed by atoms with van der Waals surface area (Å²) in [5, 5.41) is 7.15. The van der Waals surface area contributed by atoms with Crippen LogP contribution in [0.15, 0.2) is 79.6 Å². The second kappa shape index (κ2) is 10.9. The number of amides is 1. The number of hydrogen-bond donors (Lipinski definition) is 1. The third kappa shape index (κ3) is 5.94. The molecule has 2 aromatic heterocycles. The van der Waals surface area contributed by atoms with Crippen LogP contribution in [0, 0.1) is 0 Å². The minimum absolute atomic E-state index is 0.188. The van der Waals surface area contributed by atoms with E-state index in [4.69, 9.17) is 9.47 Å². The van der Waals surface area contributed by atoms with Crippen LogP contribution in [0.25, 0.3) is 0 Å². The summed E-state index contributed by atoms with van der Waals surface area (Å²) in [7, 11) is 0. The number of rotatable bonds is 10. The zero-order valence-corrected chi connectivity index (χ0v) is 18.3. The van der Waals surface area contributed by atoms with E-state index < -0.39 is 0 Å². The molecular formula is C25H25N5O3. The first-order chi connectivity index (χ1) is 16.2. The molecule has 4 rings (SSSR count). The summed E-state index contributed by atoms with van der Waals surface area (Å²) in [5.41, 5.74) is 3.59. The maximum Gasteiger partial charge on any atom is 0.251 e. The summed E-state index contributed by atoms with van der Waals surface area (Å²) in [6.07, 6.45) is 6.62. The maximum absolute atomic E-state index is 12.9. The third-order valence-corrected chi connectivity index (χ3v) is 5.01. The van der Waals surface area contributed by atoms with Crippen molar-refractivity contribution in [1.82, 2.24) is 25.1 Å². The highest BCUT2D eigenvalue weighted by Crippen LogP contribution is 2.29. The van der Waals surface area contributed by atoms with Crippen LogP contribution in [-0.2, 0) is 19.7 Å². The van der Waals surface area contributed by atoms with Crippen molar-refractivity contribution in [1.29, 1.82) is 0 Å². The zero-order valence-electron chi connectivity index (χ0n) is 18.3. The predicted molar refractivity (Wildman–Crippen MR) is 123 cm³/mol. The number of hydrogen-bond acceptors (Lipinski definition) is 6. The van der Waals surface area contributed by atoms with Crippen molar-refractivity contribution in [2.75, 3.05) is 6.61 Å². The summed E-state index contributed by atoms with van der Waals surface area (Å²) in [4.78, 5) is 20.8. The summed E-state index contributed by atoms with van der Waals surface area (Å²) in [6.45, 7) is 3.73. The van der Waals surface area contributed by atoms with Crippen molar-refractivity contribution < 1.29 is 14.3 Å². The first-order valence-corrected chi connectivity index (χ1v) is 10.7. The molecule has 0 fully saturated rings. The van der Waals surface area contributed by atoms with Crippen LogP contribution in [-0.4, -0.2) is 32.3 Å². The molecule has 0 aliphatic rings. The smallest absolute Gasteiger partial charge is 0.251 e. The minimum atomic E-state index is -0.188. The molecule has 8 nitrogen and oxygen atoms in total. The minimum Gasteiger partial charge on any atom is -0.490 e. The molecule has 1 amide bonds. The average molecular weight is 444 g/mol. The van der Waals surface area contributed by atoms with Crippen molar-refractivity contribution >= 4 is 5.91 Å². The Labute approximate surface area is 192 Å². The summed E-state index contributed by atoms with van der Waals surface area (Å²) >= 11 is 0. The number of carbonyl (C=O) groups is 1. The summed E-state index contributed by atoms with van der Waals surface area (Å²) < 4.78 is 13.4. The van der Waals surface area contributed by atoms with Crippen molar-refractivity contribution in [2.24, 2.45) is 0 Å². The normalized spacial score (nSPS) is 10.6. The molecule has 8 heteroatoms. The lowest BCUT2D eigenvalue weighted by Gasteiger charge is -2.14.